The molecular weight excluding hydrogens is 396 g/mol. The van der Waals surface area contributed by atoms with E-state index in [1.165, 1.54) is 0 Å². The lowest BCUT2D eigenvalue weighted by Crippen LogP contribution is -2.31. The molecule has 0 aliphatic carbocycles. The van der Waals surface area contributed by atoms with Gasteiger partial charge < -0.3 is 19.9 Å². The number of rotatable bonds is 7. The quantitative estimate of drug-likeness (QED) is 0.575. The molecule has 1 unspecified atom stereocenters. The number of ether oxygens (including phenoxy) is 1. The summed E-state index contributed by atoms with van der Waals surface area (Å²) in [6.07, 6.45) is 2.30. The summed E-state index contributed by atoms with van der Waals surface area (Å²) in [5.41, 5.74) is 2.45. The van der Waals surface area contributed by atoms with Crippen LogP contribution in [-0.2, 0) is 23.2 Å². The predicted octanol–water partition coefficient (Wildman–Crippen LogP) is 3.03. The third-order valence-electron chi connectivity index (χ3n) is 5.46. The Bertz CT molecular complexity index is 1150. The minimum atomic E-state index is -0.719. The van der Waals surface area contributed by atoms with Crippen molar-refractivity contribution in [2.24, 2.45) is 7.05 Å². The number of methoxy groups -OCH3 is 1. The van der Waals surface area contributed by atoms with Gasteiger partial charge >= 0.3 is 6.03 Å². The Balaban J connectivity index is 1.35. The molecule has 1 saturated heterocycles. The molecule has 8 heteroatoms. The molecule has 1 aliphatic heterocycles. The van der Waals surface area contributed by atoms with Crippen LogP contribution >= 0.6 is 0 Å². The van der Waals surface area contributed by atoms with E-state index in [9.17, 15) is 14.4 Å². The Labute approximate surface area is 179 Å². The van der Waals surface area contributed by atoms with Gasteiger partial charge in [0.2, 0.25) is 5.91 Å². The van der Waals surface area contributed by atoms with Crippen LogP contribution in [0.15, 0.2) is 54.7 Å². The molecule has 1 aliphatic rings. The van der Waals surface area contributed by atoms with Gasteiger partial charge in [-0.2, -0.15) is 0 Å². The number of aryl methyl sites for hydroxylation is 1. The van der Waals surface area contributed by atoms with Gasteiger partial charge in [-0.3, -0.25) is 14.5 Å². The monoisotopic (exact) mass is 420 g/mol. The number of anilines is 1. The van der Waals surface area contributed by atoms with Crippen molar-refractivity contribution in [1.82, 2.24) is 14.8 Å². The molecule has 3 aromatic rings. The highest BCUT2D eigenvalue weighted by Gasteiger charge is 2.38. The number of nitrogens with one attached hydrogen (secondary N) is 2. The van der Waals surface area contributed by atoms with Gasteiger partial charge in [-0.05, 0) is 36.1 Å². The van der Waals surface area contributed by atoms with E-state index in [2.05, 4.69) is 10.6 Å². The van der Waals surface area contributed by atoms with Crippen molar-refractivity contribution >= 4 is 34.4 Å². The highest BCUT2D eigenvalue weighted by atomic mass is 16.5. The van der Waals surface area contributed by atoms with Crippen molar-refractivity contribution in [1.29, 1.82) is 0 Å². The summed E-state index contributed by atoms with van der Waals surface area (Å²) in [5, 5.41) is 6.63. The van der Waals surface area contributed by atoms with E-state index >= 15 is 0 Å². The van der Waals surface area contributed by atoms with E-state index < -0.39 is 12.1 Å². The van der Waals surface area contributed by atoms with Gasteiger partial charge in [-0.15, -0.1) is 0 Å². The van der Waals surface area contributed by atoms with Gasteiger partial charge in [0.15, 0.2) is 0 Å². The van der Waals surface area contributed by atoms with Crippen LogP contribution in [0.4, 0.5) is 10.5 Å². The zero-order valence-corrected chi connectivity index (χ0v) is 17.4. The molecule has 0 saturated carbocycles. The van der Waals surface area contributed by atoms with Crippen molar-refractivity contribution in [3.05, 3.63) is 60.3 Å². The Hall–Kier alpha value is -3.81. The van der Waals surface area contributed by atoms with Gasteiger partial charge in [0, 0.05) is 36.4 Å². The highest BCUT2D eigenvalue weighted by Crippen LogP contribution is 2.23. The van der Waals surface area contributed by atoms with Gasteiger partial charge in [0.25, 0.3) is 5.91 Å². The van der Waals surface area contributed by atoms with Crippen LogP contribution in [0.3, 0.4) is 0 Å². The zero-order valence-electron chi connectivity index (χ0n) is 17.4. The maximum absolute atomic E-state index is 12.7. The Morgan fingerprint density at radius 2 is 1.97 bits per heavy atom. The van der Waals surface area contributed by atoms with Crippen molar-refractivity contribution < 1.29 is 19.1 Å². The number of fused-ring (bicyclic) bond motifs is 1. The number of carbonyl (C=O) groups is 3. The second-order valence-electron chi connectivity index (χ2n) is 7.53. The number of hydrogen-bond donors (Lipinski definition) is 2. The number of urea groups is 1. The number of amides is 4. The van der Waals surface area contributed by atoms with Crippen molar-refractivity contribution in [3.8, 4) is 5.75 Å². The SMILES string of the molecule is COc1ccccc1CN1C(=O)NC(CCC(=O)Nc2ccc3ccn(C)c3c2)C1=O. The number of nitrogens with zero attached hydrogens (tertiary/aromatic N) is 2. The number of imide groups is 1. The Morgan fingerprint density at radius 1 is 1.16 bits per heavy atom. The van der Waals surface area contributed by atoms with E-state index in [0.717, 1.165) is 21.4 Å². The van der Waals surface area contributed by atoms with Crippen molar-refractivity contribution in [2.45, 2.75) is 25.4 Å². The molecule has 2 aromatic carbocycles. The van der Waals surface area contributed by atoms with Gasteiger partial charge in [0.05, 0.1) is 13.7 Å². The first-order valence-corrected chi connectivity index (χ1v) is 10.0. The molecule has 4 rings (SSSR count). The van der Waals surface area contributed by atoms with E-state index in [4.69, 9.17) is 4.74 Å². The van der Waals surface area contributed by atoms with Crippen LogP contribution in [0.5, 0.6) is 5.75 Å². The maximum Gasteiger partial charge on any atom is 0.325 e. The average Bonchev–Trinajstić information content (AvgIpc) is 3.26. The molecule has 8 nitrogen and oxygen atoms in total. The van der Waals surface area contributed by atoms with Crippen LogP contribution in [0, 0.1) is 0 Å². The molecule has 31 heavy (non-hydrogen) atoms. The first-order chi connectivity index (χ1) is 15.0. The second-order valence-corrected chi connectivity index (χ2v) is 7.53. The summed E-state index contributed by atoms with van der Waals surface area (Å²) in [7, 11) is 3.49. The first kappa shape index (κ1) is 20.5. The number of para-hydroxylation sites is 1. The lowest BCUT2D eigenvalue weighted by molar-refractivity contribution is -0.128. The fourth-order valence-electron chi connectivity index (χ4n) is 3.77. The molecular formula is C23H24N4O4. The summed E-state index contributed by atoms with van der Waals surface area (Å²) < 4.78 is 7.27. The fourth-order valence-corrected chi connectivity index (χ4v) is 3.77. The molecule has 0 radical (unpaired) electrons. The molecule has 160 valence electrons. The first-order valence-electron chi connectivity index (χ1n) is 10.0. The molecule has 2 N–H and O–H groups in total. The number of carbonyl (C=O) groups excluding carboxylic acids is 3. The van der Waals surface area contributed by atoms with E-state index in [1.54, 1.807) is 13.2 Å². The topological polar surface area (TPSA) is 92.7 Å². The summed E-state index contributed by atoms with van der Waals surface area (Å²) >= 11 is 0. The van der Waals surface area contributed by atoms with Crippen LogP contribution in [-0.4, -0.2) is 40.5 Å². The molecule has 2 heterocycles. The molecule has 0 bridgehead atoms. The van der Waals surface area contributed by atoms with Gasteiger partial charge in [0.1, 0.15) is 11.8 Å². The fraction of sp³-hybridized carbons (Fsp3) is 0.261. The summed E-state index contributed by atoms with van der Waals surface area (Å²) in [5.74, 6) is 0.0637. The molecule has 0 spiro atoms. The molecule has 1 atom stereocenters. The number of hydrogen-bond acceptors (Lipinski definition) is 4. The zero-order chi connectivity index (χ0) is 22.0. The summed E-state index contributed by atoms with van der Waals surface area (Å²) in [6, 6.07) is 13.8. The predicted molar refractivity (Wildman–Crippen MR) is 117 cm³/mol. The number of aromatic nitrogens is 1. The number of benzene rings is 2. The van der Waals surface area contributed by atoms with E-state index in [-0.39, 0.29) is 31.2 Å². The van der Waals surface area contributed by atoms with Crippen molar-refractivity contribution in [3.63, 3.8) is 0 Å². The highest BCUT2D eigenvalue weighted by molar-refractivity contribution is 6.04. The standard InChI is InChI=1S/C23H24N4O4/c1-26-12-11-15-7-8-17(13-19(15)26)24-21(28)10-9-18-22(29)27(23(30)25-18)14-16-5-3-4-6-20(16)31-2/h3-8,11-13,18H,9-10,14H2,1-2H3,(H,24,28)(H,25,30). The average molecular weight is 420 g/mol. The lowest BCUT2D eigenvalue weighted by atomic mass is 10.1. The van der Waals surface area contributed by atoms with Gasteiger partial charge in [-0.1, -0.05) is 24.3 Å². The third kappa shape index (κ3) is 4.23. The van der Waals surface area contributed by atoms with Crippen LogP contribution in [0.1, 0.15) is 18.4 Å². The van der Waals surface area contributed by atoms with E-state index in [0.29, 0.717) is 11.4 Å². The normalized spacial score (nSPS) is 15.9. The molecule has 1 aromatic heterocycles. The van der Waals surface area contributed by atoms with Crippen LogP contribution in [0.25, 0.3) is 10.9 Å². The maximum atomic E-state index is 12.7. The molecule has 1 fully saturated rings. The Kier molecular flexibility index (Phi) is 5.62. The van der Waals surface area contributed by atoms with Crippen LogP contribution in [0.2, 0.25) is 0 Å². The molecule has 4 amide bonds. The smallest absolute Gasteiger partial charge is 0.325 e. The minimum absolute atomic E-state index is 0.115. The largest absolute Gasteiger partial charge is 0.496 e. The minimum Gasteiger partial charge on any atom is -0.496 e. The van der Waals surface area contributed by atoms with E-state index in [1.807, 2.05) is 60.3 Å². The lowest BCUT2D eigenvalue weighted by Gasteiger charge is -2.15. The second kappa shape index (κ2) is 8.51. The third-order valence-corrected chi connectivity index (χ3v) is 5.46. The van der Waals surface area contributed by atoms with Crippen molar-refractivity contribution in [2.75, 3.05) is 12.4 Å². The summed E-state index contributed by atoms with van der Waals surface area (Å²) in [6.45, 7) is 0.119. The van der Waals surface area contributed by atoms with Gasteiger partial charge in [-0.25, -0.2) is 4.79 Å². The summed E-state index contributed by atoms with van der Waals surface area (Å²) in [4.78, 5) is 38.6. The Morgan fingerprint density at radius 3 is 2.77 bits per heavy atom. The van der Waals surface area contributed by atoms with Crippen LogP contribution < -0.4 is 15.4 Å².